The van der Waals surface area contributed by atoms with Crippen LogP contribution in [-0.4, -0.2) is 36.0 Å². The summed E-state index contributed by atoms with van der Waals surface area (Å²) in [5.41, 5.74) is 3.36. The number of anilines is 1. The molecule has 5 nitrogen and oxygen atoms in total. The van der Waals surface area contributed by atoms with Gasteiger partial charge in [0.25, 0.3) is 11.8 Å². The van der Waals surface area contributed by atoms with E-state index in [0.717, 1.165) is 23.2 Å². The van der Waals surface area contributed by atoms with Gasteiger partial charge in [0.15, 0.2) is 0 Å². The van der Waals surface area contributed by atoms with Crippen LogP contribution < -0.4 is 10.3 Å². The zero-order valence-electron chi connectivity index (χ0n) is 20.4. The predicted octanol–water partition coefficient (Wildman–Crippen LogP) is 5.42. The van der Waals surface area contributed by atoms with Crippen LogP contribution in [0.1, 0.15) is 73.4 Å². The molecule has 1 atom stereocenters. The number of carbonyl (C=O) groups excluding carboxylic acids is 2. The molecular formula is C28H36FN3O2. The zero-order chi connectivity index (χ0) is 24.1. The van der Waals surface area contributed by atoms with Gasteiger partial charge in [-0.1, -0.05) is 49.8 Å². The molecule has 1 aliphatic carbocycles. The lowest BCUT2D eigenvalue weighted by molar-refractivity contribution is -0.134. The lowest BCUT2D eigenvalue weighted by Gasteiger charge is -2.36. The summed E-state index contributed by atoms with van der Waals surface area (Å²) in [6, 6.07) is 11.6. The van der Waals surface area contributed by atoms with Crippen LogP contribution in [0.15, 0.2) is 42.5 Å². The van der Waals surface area contributed by atoms with Crippen molar-refractivity contribution in [2.24, 2.45) is 5.92 Å². The molecule has 2 aromatic rings. The summed E-state index contributed by atoms with van der Waals surface area (Å²) in [7, 11) is 0. The molecule has 2 aromatic carbocycles. The van der Waals surface area contributed by atoms with Gasteiger partial charge in [-0.25, -0.2) is 4.39 Å². The van der Waals surface area contributed by atoms with Crippen LogP contribution in [0.3, 0.4) is 0 Å². The molecule has 2 amide bonds. The molecule has 1 unspecified atom stereocenters. The first-order chi connectivity index (χ1) is 16.5. The average Bonchev–Trinajstić information content (AvgIpc) is 3.25. The number of carbonyl (C=O) groups is 2. The Morgan fingerprint density at radius 3 is 2.68 bits per heavy atom. The number of nitrogens with zero attached hydrogens (tertiary/aromatic N) is 2. The van der Waals surface area contributed by atoms with Crippen molar-refractivity contribution in [1.29, 1.82) is 0 Å². The molecule has 0 bridgehead atoms. The maximum atomic E-state index is 13.8. The van der Waals surface area contributed by atoms with Gasteiger partial charge < -0.3 is 5.32 Å². The smallest absolute Gasteiger partial charge is 0.263 e. The summed E-state index contributed by atoms with van der Waals surface area (Å²) < 4.78 is 13.7. The average molecular weight is 466 g/mol. The van der Waals surface area contributed by atoms with Gasteiger partial charge in [0.1, 0.15) is 11.9 Å². The highest BCUT2D eigenvalue weighted by molar-refractivity contribution is 5.98. The molecule has 1 N–H and O–H groups in total. The first-order valence-corrected chi connectivity index (χ1v) is 12.7. The van der Waals surface area contributed by atoms with E-state index in [1.165, 1.54) is 38.2 Å². The lowest BCUT2D eigenvalue weighted by Crippen LogP contribution is -2.54. The fourth-order valence-electron chi connectivity index (χ4n) is 5.39. The van der Waals surface area contributed by atoms with Gasteiger partial charge in [0, 0.05) is 18.7 Å². The molecule has 0 radical (unpaired) electrons. The molecule has 0 aromatic heterocycles. The first kappa shape index (κ1) is 24.2. The number of fused-ring (bicyclic) bond motifs is 1. The number of rotatable bonds is 8. The molecule has 182 valence electrons. The van der Waals surface area contributed by atoms with Crippen molar-refractivity contribution >= 4 is 17.5 Å². The van der Waals surface area contributed by atoms with Crippen molar-refractivity contribution in [2.45, 2.75) is 71.3 Å². The Labute approximate surface area is 202 Å². The Balaban J connectivity index is 1.53. The molecule has 0 spiro atoms. The second kappa shape index (κ2) is 11.0. The van der Waals surface area contributed by atoms with Crippen molar-refractivity contribution < 1.29 is 14.0 Å². The maximum absolute atomic E-state index is 13.8. The number of hydrazine groups is 1. The molecule has 34 heavy (non-hydrogen) atoms. The topological polar surface area (TPSA) is 52.7 Å². The molecular weight excluding hydrogens is 429 g/mol. The normalized spacial score (nSPS) is 16.7. The number of aryl methyl sites for hydroxylation is 1. The Hall–Kier alpha value is -2.89. The molecule has 1 saturated carbocycles. The minimum atomic E-state index is -0.598. The Morgan fingerprint density at radius 1 is 1.15 bits per heavy atom. The van der Waals surface area contributed by atoms with Gasteiger partial charge in [-0.3, -0.25) is 19.6 Å². The number of halogens is 1. The predicted molar refractivity (Wildman–Crippen MR) is 133 cm³/mol. The third kappa shape index (κ3) is 5.60. The lowest BCUT2D eigenvalue weighted by atomic mass is 9.85. The second-order valence-corrected chi connectivity index (χ2v) is 9.68. The van der Waals surface area contributed by atoms with Crippen LogP contribution >= 0.6 is 0 Å². The van der Waals surface area contributed by atoms with E-state index >= 15 is 0 Å². The van der Waals surface area contributed by atoms with Crippen LogP contribution in [0.25, 0.3) is 0 Å². The van der Waals surface area contributed by atoms with E-state index in [-0.39, 0.29) is 17.6 Å². The largest absolute Gasteiger partial charge is 0.340 e. The summed E-state index contributed by atoms with van der Waals surface area (Å²) in [5.74, 6) is 0.0402. The quantitative estimate of drug-likeness (QED) is 0.566. The van der Waals surface area contributed by atoms with Gasteiger partial charge >= 0.3 is 0 Å². The summed E-state index contributed by atoms with van der Waals surface area (Å²) >= 11 is 0. The van der Waals surface area contributed by atoms with Gasteiger partial charge in [-0.05, 0) is 74.9 Å². The standard InChI is InChI=1S/C28H36FN3O2/c1-3-31(32-17-16-22-19-24(29)13-15-26(22)32)28(34)25(14-12-21-9-5-4-6-10-21)30-27(33)23-11-7-8-20(2)18-23/h7-8,11,13,15,18-19,21,25H,3-6,9-10,12,14,16-17H2,1-2H3,(H,30,33). The number of likely N-dealkylation sites (N-methyl/N-ethyl adjacent to an activating group) is 1. The minimum Gasteiger partial charge on any atom is -0.340 e. The van der Waals surface area contributed by atoms with Crippen LogP contribution in [-0.2, 0) is 11.2 Å². The van der Waals surface area contributed by atoms with Crippen molar-refractivity contribution in [3.8, 4) is 0 Å². The van der Waals surface area contributed by atoms with Crippen LogP contribution in [0.4, 0.5) is 10.1 Å². The van der Waals surface area contributed by atoms with E-state index in [4.69, 9.17) is 0 Å². The highest BCUT2D eigenvalue weighted by Crippen LogP contribution is 2.31. The number of benzene rings is 2. The highest BCUT2D eigenvalue weighted by atomic mass is 19.1. The van der Waals surface area contributed by atoms with Crippen molar-refractivity contribution in [2.75, 3.05) is 18.1 Å². The van der Waals surface area contributed by atoms with E-state index in [2.05, 4.69) is 5.32 Å². The highest BCUT2D eigenvalue weighted by Gasteiger charge is 2.33. The van der Waals surface area contributed by atoms with Crippen LogP contribution in [0.2, 0.25) is 0 Å². The van der Waals surface area contributed by atoms with Gasteiger partial charge in [-0.15, -0.1) is 0 Å². The van der Waals surface area contributed by atoms with Gasteiger partial charge in [0.05, 0.1) is 5.69 Å². The Morgan fingerprint density at radius 2 is 1.94 bits per heavy atom. The third-order valence-electron chi connectivity index (χ3n) is 7.23. The van der Waals surface area contributed by atoms with Crippen molar-refractivity contribution in [1.82, 2.24) is 10.3 Å². The Bertz CT molecular complexity index is 1020. The molecule has 1 aliphatic heterocycles. The summed E-state index contributed by atoms with van der Waals surface area (Å²) in [6.45, 7) is 5.00. The molecule has 4 rings (SSSR count). The van der Waals surface area contributed by atoms with E-state index in [9.17, 15) is 14.0 Å². The molecule has 1 heterocycles. The number of hydrogen-bond acceptors (Lipinski definition) is 3. The third-order valence-corrected chi connectivity index (χ3v) is 7.23. The molecule has 0 saturated heterocycles. The van der Waals surface area contributed by atoms with Crippen LogP contribution in [0, 0.1) is 18.7 Å². The summed E-state index contributed by atoms with van der Waals surface area (Å²) in [5, 5.41) is 6.73. The van der Waals surface area contributed by atoms with Gasteiger partial charge in [0.2, 0.25) is 0 Å². The SMILES string of the molecule is CCN(C(=O)C(CCC1CCCCC1)NC(=O)c1cccc(C)c1)N1CCc2cc(F)ccc21. The molecule has 2 aliphatic rings. The monoisotopic (exact) mass is 465 g/mol. The van der Waals surface area contributed by atoms with E-state index in [0.29, 0.717) is 37.4 Å². The first-order valence-electron chi connectivity index (χ1n) is 12.7. The number of amides is 2. The maximum Gasteiger partial charge on any atom is 0.263 e. The molecule has 6 heteroatoms. The summed E-state index contributed by atoms with van der Waals surface area (Å²) in [4.78, 5) is 26.9. The van der Waals surface area contributed by atoms with E-state index < -0.39 is 6.04 Å². The van der Waals surface area contributed by atoms with Crippen molar-refractivity contribution in [3.05, 3.63) is 65.0 Å². The van der Waals surface area contributed by atoms with E-state index in [1.54, 1.807) is 23.2 Å². The van der Waals surface area contributed by atoms with E-state index in [1.807, 2.05) is 37.1 Å². The fraction of sp³-hybridized carbons (Fsp3) is 0.500. The minimum absolute atomic E-state index is 0.100. The number of hydrogen-bond donors (Lipinski definition) is 1. The van der Waals surface area contributed by atoms with Crippen LogP contribution in [0.5, 0.6) is 0 Å². The number of nitrogens with one attached hydrogen (secondary N) is 1. The molecule has 1 fully saturated rings. The van der Waals surface area contributed by atoms with Gasteiger partial charge in [-0.2, -0.15) is 0 Å². The van der Waals surface area contributed by atoms with Crippen molar-refractivity contribution in [3.63, 3.8) is 0 Å². The Kier molecular flexibility index (Phi) is 7.86. The second-order valence-electron chi connectivity index (χ2n) is 9.68. The summed E-state index contributed by atoms with van der Waals surface area (Å²) in [6.07, 6.45) is 8.46. The zero-order valence-corrected chi connectivity index (χ0v) is 20.4. The fourth-order valence-corrected chi connectivity index (χ4v) is 5.39.